The summed E-state index contributed by atoms with van der Waals surface area (Å²) in [7, 11) is 0. The Kier molecular flexibility index (Phi) is 3.60. The Morgan fingerprint density at radius 3 is 2.88 bits per heavy atom. The number of carbonyl (C=O) groups is 2. The SMILES string of the molecule is Cc1ccc2c(c1)C(NC(=O)c1ccc3c(c1)NC(=O)C3)CCC2. The zero-order valence-corrected chi connectivity index (χ0v) is 13.7. The first kappa shape index (κ1) is 14.9. The minimum Gasteiger partial charge on any atom is -0.345 e. The monoisotopic (exact) mass is 320 g/mol. The van der Waals surface area contributed by atoms with Gasteiger partial charge in [0.15, 0.2) is 0 Å². The molecular weight excluding hydrogens is 300 g/mol. The van der Waals surface area contributed by atoms with Crippen LogP contribution in [0.3, 0.4) is 0 Å². The van der Waals surface area contributed by atoms with E-state index in [1.807, 2.05) is 6.07 Å². The van der Waals surface area contributed by atoms with Crippen LogP contribution in [0.25, 0.3) is 0 Å². The van der Waals surface area contributed by atoms with E-state index in [2.05, 4.69) is 35.8 Å². The predicted octanol–water partition coefficient (Wildman–Crippen LogP) is 3.30. The van der Waals surface area contributed by atoms with Crippen LogP contribution in [0.4, 0.5) is 5.69 Å². The number of nitrogens with one attached hydrogen (secondary N) is 2. The number of amides is 2. The smallest absolute Gasteiger partial charge is 0.251 e. The first-order valence-electron chi connectivity index (χ1n) is 8.43. The van der Waals surface area contributed by atoms with E-state index in [9.17, 15) is 9.59 Å². The zero-order valence-electron chi connectivity index (χ0n) is 13.7. The van der Waals surface area contributed by atoms with Gasteiger partial charge in [0.2, 0.25) is 5.91 Å². The molecule has 0 saturated heterocycles. The van der Waals surface area contributed by atoms with Gasteiger partial charge in [-0.05, 0) is 55.0 Å². The summed E-state index contributed by atoms with van der Waals surface area (Å²) >= 11 is 0. The molecule has 4 nitrogen and oxygen atoms in total. The lowest BCUT2D eigenvalue weighted by molar-refractivity contribution is -0.115. The van der Waals surface area contributed by atoms with Crippen molar-refractivity contribution in [2.24, 2.45) is 0 Å². The molecule has 4 rings (SSSR count). The summed E-state index contributed by atoms with van der Waals surface area (Å²) in [5, 5.41) is 5.97. The van der Waals surface area contributed by atoms with Crippen LogP contribution in [0, 0.1) is 6.92 Å². The molecule has 0 aromatic heterocycles. The number of fused-ring (bicyclic) bond motifs is 2. The summed E-state index contributed by atoms with van der Waals surface area (Å²) < 4.78 is 0. The molecule has 1 aliphatic carbocycles. The minimum atomic E-state index is -0.0849. The zero-order chi connectivity index (χ0) is 16.7. The molecule has 0 saturated carbocycles. The Labute approximate surface area is 141 Å². The lowest BCUT2D eigenvalue weighted by atomic mass is 9.86. The molecule has 4 heteroatoms. The van der Waals surface area contributed by atoms with Gasteiger partial charge in [-0.3, -0.25) is 9.59 Å². The van der Waals surface area contributed by atoms with E-state index in [1.165, 1.54) is 16.7 Å². The van der Waals surface area contributed by atoms with Crippen molar-refractivity contribution in [1.29, 1.82) is 0 Å². The van der Waals surface area contributed by atoms with Gasteiger partial charge in [-0.2, -0.15) is 0 Å². The average molecular weight is 320 g/mol. The van der Waals surface area contributed by atoms with E-state index in [0.717, 1.165) is 30.5 Å². The van der Waals surface area contributed by atoms with Crippen molar-refractivity contribution in [3.05, 3.63) is 64.2 Å². The van der Waals surface area contributed by atoms with E-state index in [0.29, 0.717) is 12.0 Å². The van der Waals surface area contributed by atoms with Crippen molar-refractivity contribution in [1.82, 2.24) is 5.32 Å². The second-order valence-electron chi connectivity index (χ2n) is 6.72. The summed E-state index contributed by atoms with van der Waals surface area (Å²) in [6, 6.07) is 12.0. The first-order chi connectivity index (χ1) is 11.6. The second kappa shape index (κ2) is 5.78. The summed E-state index contributed by atoms with van der Waals surface area (Å²) in [6.45, 7) is 2.08. The molecule has 0 bridgehead atoms. The Balaban J connectivity index is 1.57. The highest BCUT2D eigenvalue weighted by Gasteiger charge is 2.24. The van der Waals surface area contributed by atoms with Gasteiger partial charge in [-0.1, -0.05) is 29.8 Å². The lowest BCUT2D eigenvalue weighted by Gasteiger charge is -2.27. The molecule has 1 aliphatic heterocycles. The average Bonchev–Trinajstić information content (AvgIpc) is 2.94. The van der Waals surface area contributed by atoms with E-state index in [4.69, 9.17) is 0 Å². The highest BCUT2D eigenvalue weighted by molar-refractivity contribution is 6.02. The van der Waals surface area contributed by atoms with Crippen LogP contribution in [0.5, 0.6) is 0 Å². The molecule has 2 aliphatic rings. The van der Waals surface area contributed by atoms with Crippen molar-refractivity contribution < 1.29 is 9.59 Å². The number of rotatable bonds is 2. The minimum absolute atomic E-state index is 0.0146. The lowest BCUT2D eigenvalue weighted by Crippen LogP contribution is -2.31. The van der Waals surface area contributed by atoms with E-state index < -0.39 is 0 Å². The fourth-order valence-corrected chi connectivity index (χ4v) is 3.67. The summed E-state index contributed by atoms with van der Waals surface area (Å²) in [6.07, 6.45) is 3.52. The predicted molar refractivity (Wildman–Crippen MR) is 93.1 cm³/mol. The topological polar surface area (TPSA) is 58.2 Å². The summed E-state index contributed by atoms with van der Waals surface area (Å²) in [4.78, 5) is 24.1. The van der Waals surface area contributed by atoms with Gasteiger partial charge in [-0.25, -0.2) is 0 Å². The van der Waals surface area contributed by atoms with Gasteiger partial charge in [-0.15, -0.1) is 0 Å². The van der Waals surface area contributed by atoms with Gasteiger partial charge >= 0.3 is 0 Å². The van der Waals surface area contributed by atoms with Crippen molar-refractivity contribution >= 4 is 17.5 Å². The second-order valence-corrected chi connectivity index (χ2v) is 6.72. The molecule has 1 heterocycles. The van der Waals surface area contributed by atoms with E-state index in [1.54, 1.807) is 12.1 Å². The highest BCUT2D eigenvalue weighted by atomic mass is 16.2. The summed E-state index contributed by atoms with van der Waals surface area (Å²) in [5.41, 5.74) is 6.09. The van der Waals surface area contributed by atoms with Gasteiger partial charge in [0.05, 0.1) is 12.5 Å². The van der Waals surface area contributed by atoms with Crippen LogP contribution in [0.1, 0.15) is 51.5 Å². The van der Waals surface area contributed by atoms with Gasteiger partial charge in [0.25, 0.3) is 5.91 Å². The molecule has 0 spiro atoms. The van der Waals surface area contributed by atoms with Gasteiger partial charge in [0.1, 0.15) is 0 Å². The first-order valence-corrected chi connectivity index (χ1v) is 8.43. The quantitative estimate of drug-likeness (QED) is 0.892. The standard InChI is InChI=1S/C20H20N2O2/c1-12-5-6-13-3-2-4-17(16(13)9-12)22-20(24)15-8-7-14-11-19(23)21-18(14)10-15/h5-10,17H,2-4,11H2,1H3,(H,21,23)(H,22,24). The largest absolute Gasteiger partial charge is 0.345 e. The van der Waals surface area contributed by atoms with Crippen molar-refractivity contribution in [2.45, 2.75) is 38.6 Å². The highest BCUT2D eigenvalue weighted by Crippen LogP contribution is 2.31. The molecule has 0 fully saturated rings. The fourth-order valence-electron chi connectivity index (χ4n) is 3.67. The molecule has 122 valence electrons. The van der Waals surface area contributed by atoms with Gasteiger partial charge < -0.3 is 10.6 Å². The fraction of sp³-hybridized carbons (Fsp3) is 0.300. The number of hydrogen-bond acceptors (Lipinski definition) is 2. The van der Waals surface area contributed by atoms with Crippen LogP contribution in [-0.4, -0.2) is 11.8 Å². The van der Waals surface area contributed by atoms with Crippen LogP contribution in [0.15, 0.2) is 36.4 Å². The van der Waals surface area contributed by atoms with Crippen LogP contribution in [-0.2, 0) is 17.6 Å². The number of carbonyl (C=O) groups excluding carboxylic acids is 2. The molecule has 2 aromatic rings. The van der Waals surface area contributed by atoms with E-state index >= 15 is 0 Å². The third-order valence-corrected chi connectivity index (χ3v) is 4.92. The Morgan fingerprint density at radius 1 is 1.17 bits per heavy atom. The number of benzene rings is 2. The Hall–Kier alpha value is -2.62. The van der Waals surface area contributed by atoms with Crippen LogP contribution >= 0.6 is 0 Å². The summed E-state index contributed by atoms with van der Waals surface area (Å²) in [5.74, 6) is -0.0995. The maximum Gasteiger partial charge on any atom is 0.251 e. The normalized spacial score (nSPS) is 18.5. The molecule has 0 radical (unpaired) electrons. The third kappa shape index (κ3) is 2.68. The number of hydrogen-bond donors (Lipinski definition) is 2. The molecule has 2 N–H and O–H groups in total. The van der Waals surface area contributed by atoms with Crippen molar-refractivity contribution in [3.8, 4) is 0 Å². The number of aryl methyl sites for hydroxylation is 2. The number of anilines is 1. The van der Waals surface area contributed by atoms with Crippen LogP contribution in [0.2, 0.25) is 0 Å². The van der Waals surface area contributed by atoms with E-state index in [-0.39, 0.29) is 17.9 Å². The molecule has 1 atom stereocenters. The molecule has 24 heavy (non-hydrogen) atoms. The third-order valence-electron chi connectivity index (χ3n) is 4.92. The van der Waals surface area contributed by atoms with Crippen molar-refractivity contribution in [3.63, 3.8) is 0 Å². The van der Waals surface area contributed by atoms with Gasteiger partial charge in [0, 0.05) is 11.3 Å². The van der Waals surface area contributed by atoms with Crippen LogP contribution < -0.4 is 10.6 Å². The molecular formula is C20H20N2O2. The maximum atomic E-state index is 12.7. The Bertz CT molecular complexity index is 842. The molecule has 1 unspecified atom stereocenters. The molecule has 2 amide bonds. The van der Waals surface area contributed by atoms with Crippen molar-refractivity contribution in [2.75, 3.05) is 5.32 Å². The maximum absolute atomic E-state index is 12.7. The Morgan fingerprint density at radius 2 is 2.00 bits per heavy atom. The molecule has 2 aromatic carbocycles.